The molecule has 0 amide bonds. The second kappa shape index (κ2) is 3.49. The van der Waals surface area contributed by atoms with Gasteiger partial charge in [-0.25, -0.2) is 4.79 Å². The van der Waals surface area contributed by atoms with Crippen molar-refractivity contribution in [2.75, 3.05) is 6.54 Å². The summed E-state index contributed by atoms with van der Waals surface area (Å²) in [5.74, 6) is -0.881. The summed E-state index contributed by atoms with van der Waals surface area (Å²) in [4.78, 5) is 17.8. The van der Waals surface area contributed by atoms with Crippen molar-refractivity contribution in [2.45, 2.75) is 0 Å². The molecule has 5 nitrogen and oxygen atoms in total. The Labute approximate surface area is 46.4 Å². The lowest BCUT2D eigenvalue weighted by Crippen LogP contribution is -2.13. The summed E-state index contributed by atoms with van der Waals surface area (Å²) in [5, 5.41) is 0. The van der Waals surface area contributed by atoms with Gasteiger partial charge in [0.25, 0.3) is 0 Å². The predicted molar refractivity (Wildman–Crippen MR) is 25.0 cm³/mol. The SMILES string of the molecule is NCC(=O)O[P+](=O)O. The van der Waals surface area contributed by atoms with Gasteiger partial charge < -0.3 is 5.73 Å². The topological polar surface area (TPSA) is 89.6 Å². The lowest BCUT2D eigenvalue weighted by molar-refractivity contribution is -0.132. The van der Waals surface area contributed by atoms with Crippen molar-refractivity contribution in [1.29, 1.82) is 0 Å². The van der Waals surface area contributed by atoms with E-state index in [0.29, 0.717) is 0 Å². The molecule has 0 saturated carbocycles. The van der Waals surface area contributed by atoms with Crippen molar-refractivity contribution in [3.05, 3.63) is 0 Å². The molecule has 0 aliphatic rings. The molecule has 0 aromatic rings. The number of nitrogens with two attached hydrogens (primary N) is 1. The largest absolute Gasteiger partial charge is 0.750 e. The van der Waals surface area contributed by atoms with Crippen molar-refractivity contribution in [3.63, 3.8) is 0 Å². The van der Waals surface area contributed by atoms with E-state index >= 15 is 0 Å². The van der Waals surface area contributed by atoms with Crippen LogP contribution in [-0.2, 0) is 13.9 Å². The zero-order valence-electron chi connectivity index (χ0n) is 3.90. The monoisotopic (exact) mass is 138 g/mol. The lowest BCUT2D eigenvalue weighted by atomic mass is 10.7. The van der Waals surface area contributed by atoms with Gasteiger partial charge in [-0.15, -0.1) is 4.89 Å². The maximum atomic E-state index is 9.93. The number of carbonyl (C=O) groups excluding carboxylic acids is 1. The Bertz CT molecular complexity index is 113. The fourth-order valence-electron chi connectivity index (χ4n) is 0.124. The minimum atomic E-state index is -2.83. The van der Waals surface area contributed by atoms with Crippen LogP contribution in [0, 0.1) is 0 Å². The first-order chi connectivity index (χ1) is 3.66. The van der Waals surface area contributed by atoms with Gasteiger partial charge in [-0.1, -0.05) is 0 Å². The van der Waals surface area contributed by atoms with E-state index in [2.05, 4.69) is 4.52 Å². The Balaban J connectivity index is 3.40. The van der Waals surface area contributed by atoms with E-state index < -0.39 is 14.2 Å². The quantitative estimate of drug-likeness (QED) is 0.484. The first-order valence-corrected chi connectivity index (χ1v) is 2.87. The zero-order chi connectivity index (χ0) is 6.57. The third kappa shape index (κ3) is 3.67. The minimum Gasteiger partial charge on any atom is -0.321 e. The third-order valence-electron chi connectivity index (χ3n) is 0.347. The van der Waals surface area contributed by atoms with Gasteiger partial charge in [-0.2, -0.15) is 4.52 Å². The van der Waals surface area contributed by atoms with Gasteiger partial charge >= 0.3 is 14.2 Å². The molecule has 6 heteroatoms. The molecule has 0 saturated heterocycles. The molecule has 0 heterocycles. The molecule has 0 fully saturated rings. The standard InChI is InChI=1S/C2H4NO4P/c3-1-2(4)7-8(5)6/h1,3H2/p+1. The van der Waals surface area contributed by atoms with Crippen LogP contribution >= 0.6 is 8.25 Å². The Morgan fingerprint density at radius 1 is 1.88 bits per heavy atom. The number of hydrogen-bond donors (Lipinski definition) is 2. The smallest absolute Gasteiger partial charge is 0.321 e. The molecule has 46 valence electrons. The van der Waals surface area contributed by atoms with E-state index in [1.807, 2.05) is 0 Å². The fourth-order valence-corrected chi connectivity index (χ4v) is 0.373. The first kappa shape index (κ1) is 7.49. The Morgan fingerprint density at radius 2 is 2.38 bits per heavy atom. The van der Waals surface area contributed by atoms with Crippen molar-refractivity contribution in [1.82, 2.24) is 0 Å². The van der Waals surface area contributed by atoms with E-state index in [0.717, 1.165) is 0 Å². The summed E-state index contributed by atoms with van der Waals surface area (Å²) in [6.07, 6.45) is 0. The van der Waals surface area contributed by atoms with Crippen molar-refractivity contribution < 1.29 is 18.8 Å². The molecule has 0 aromatic carbocycles. The van der Waals surface area contributed by atoms with E-state index in [1.54, 1.807) is 0 Å². The summed E-state index contributed by atoms with van der Waals surface area (Å²) in [7, 11) is -2.83. The highest BCUT2D eigenvalue weighted by atomic mass is 31.1. The number of carbonyl (C=O) groups is 1. The van der Waals surface area contributed by atoms with Crippen LogP contribution in [0.15, 0.2) is 0 Å². The van der Waals surface area contributed by atoms with Crippen LogP contribution < -0.4 is 5.73 Å². The highest BCUT2D eigenvalue weighted by molar-refractivity contribution is 7.32. The van der Waals surface area contributed by atoms with Gasteiger partial charge in [0.1, 0.15) is 0 Å². The number of rotatable bonds is 2. The van der Waals surface area contributed by atoms with Gasteiger partial charge in [-0.3, -0.25) is 0 Å². The van der Waals surface area contributed by atoms with Crippen molar-refractivity contribution >= 4 is 14.2 Å². The average Bonchev–Trinajstić information content (AvgIpc) is 1.65. The summed E-state index contributed by atoms with van der Waals surface area (Å²) >= 11 is 0. The third-order valence-corrected chi connectivity index (χ3v) is 0.706. The number of hydrogen-bond acceptors (Lipinski definition) is 4. The predicted octanol–water partition coefficient (Wildman–Crippen LogP) is -0.862. The Hall–Kier alpha value is -0.510. The molecular weight excluding hydrogens is 133 g/mol. The van der Waals surface area contributed by atoms with Gasteiger partial charge in [0.15, 0.2) is 0 Å². The van der Waals surface area contributed by atoms with Gasteiger partial charge in [0, 0.05) is 4.57 Å². The summed E-state index contributed by atoms with van der Waals surface area (Å²) < 4.78 is 13.3. The van der Waals surface area contributed by atoms with Gasteiger partial charge in [-0.05, 0) is 0 Å². The van der Waals surface area contributed by atoms with Crippen LogP contribution in [0.2, 0.25) is 0 Å². The summed E-state index contributed by atoms with van der Waals surface area (Å²) in [5.41, 5.74) is 4.71. The van der Waals surface area contributed by atoms with E-state index in [1.165, 1.54) is 0 Å². The molecule has 0 aromatic heterocycles. The van der Waals surface area contributed by atoms with Crippen LogP contribution in [0.1, 0.15) is 0 Å². The molecule has 0 rings (SSSR count). The fraction of sp³-hybridized carbons (Fsp3) is 0.500. The zero-order valence-corrected chi connectivity index (χ0v) is 4.80. The molecule has 1 atom stereocenters. The highest BCUT2D eigenvalue weighted by Gasteiger charge is 2.17. The molecular formula is C2H5NO4P+. The van der Waals surface area contributed by atoms with Crippen LogP contribution in [0.25, 0.3) is 0 Å². The summed E-state index contributed by atoms with van der Waals surface area (Å²) in [6, 6.07) is 0. The van der Waals surface area contributed by atoms with E-state index in [-0.39, 0.29) is 6.54 Å². The minimum absolute atomic E-state index is 0.373. The van der Waals surface area contributed by atoms with Crippen LogP contribution in [-0.4, -0.2) is 17.4 Å². The van der Waals surface area contributed by atoms with Crippen molar-refractivity contribution in [2.24, 2.45) is 5.73 Å². The lowest BCUT2D eigenvalue weighted by Gasteiger charge is -1.78. The normalized spacial score (nSPS) is 10.5. The highest BCUT2D eigenvalue weighted by Crippen LogP contribution is 2.13. The maximum absolute atomic E-state index is 9.93. The Morgan fingerprint density at radius 3 is 2.50 bits per heavy atom. The molecule has 0 aliphatic heterocycles. The molecule has 0 aliphatic carbocycles. The van der Waals surface area contributed by atoms with Crippen molar-refractivity contribution in [3.8, 4) is 0 Å². The second-order valence-electron chi connectivity index (χ2n) is 0.905. The van der Waals surface area contributed by atoms with E-state index in [4.69, 9.17) is 10.6 Å². The molecule has 1 unspecified atom stereocenters. The summed E-state index contributed by atoms with van der Waals surface area (Å²) in [6.45, 7) is -0.373. The maximum Gasteiger partial charge on any atom is 0.750 e. The molecule has 0 bridgehead atoms. The van der Waals surface area contributed by atoms with E-state index in [9.17, 15) is 9.36 Å². The van der Waals surface area contributed by atoms with Gasteiger partial charge in [0.2, 0.25) is 0 Å². The second-order valence-corrected chi connectivity index (χ2v) is 1.56. The molecule has 3 N–H and O–H groups in total. The Kier molecular flexibility index (Phi) is 3.26. The average molecular weight is 138 g/mol. The van der Waals surface area contributed by atoms with Crippen LogP contribution in [0.3, 0.4) is 0 Å². The van der Waals surface area contributed by atoms with Crippen LogP contribution in [0.5, 0.6) is 0 Å². The van der Waals surface area contributed by atoms with Gasteiger partial charge in [0.05, 0.1) is 6.54 Å². The first-order valence-electron chi connectivity index (χ1n) is 1.74. The molecule has 0 radical (unpaired) electrons. The molecule has 0 spiro atoms. The van der Waals surface area contributed by atoms with Crippen LogP contribution in [0.4, 0.5) is 0 Å². The molecule has 8 heavy (non-hydrogen) atoms.